The number of nitrogens with zero attached hydrogens (tertiary/aromatic N) is 2. The molecule has 1 aromatic heterocycles. The maximum atomic E-state index is 13.3. The van der Waals surface area contributed by atoms with Gasteiger partial charge in [0.2, 0.25) is 5.91 Å². The zero-order valence-electron chi connectivity index (χ0n) is 13.7. The van der Waals surface area contributed by atoms with E-state index in [0.29, 0.717) is 25.3 Å². The summed E-state index contributed by atoms with van der Waals surface area (Å²) < 4.78 is 18.6. The molecule has 2 heterocycles. The molecule has 5 heteroatoms. The van der Waals surface area contributed by atoms with Gasteiger partial charge in [0, 0.05) is 43.9 Å². The molecule has 1 amide bonds. The molecule has 2 aromatic rings. The van der Waals surface area contributed by atoms with Crippen LogP contribution in [-0.2, 0) is 16.0 Å². The minimum atomic E-state index is -0.314. The van der Waals surface area contributed by atoms with Gasteiger partial charge in [-0.25, -0.2) is 4.39 Å². The van der Waals surface area contributed by atoms with E-state index in [1.54, 1.807) is 25.4 Å². The van der Waals surface area contributed by atoms with E-state index in [0.717, 1.165) is 5.69 Å². The Kier molecular flexibility index (Phi) is 5.20. The molecular weight excluding hydrogens is 307 g/mol. The number of halogens is 1. The van der Waals surface area contributed by atoms with Crippen molar-refractivity contribution in [1.82, 2.24) is 9.88 Å². The third-order valence-electron chi connectivity index (χ3n) is 4.49. The molecule has 0 saturated carbocycles. The predicted molar refractivity (Wildman–Crippen MR) is 89.0 cm³/mol. The van der Waals surface area contributed by atoms with E-state index in [2.05, 4.69) is 4.98 Å². The van der Waals surface area contributed by atoms with Crippen molar-refractivity contribution in [2.75, 3.05) is 26.8 Å². The third kappa shape index (κ3) is 3.79. The number of aromatic nitrogens is 1. The van der Waals surface area contributed by atoms with Crippen LogP contribution in [-0.4, -0.2) is 42.6 Å². The van der Waals surface area contributed by atoms with E-state index in [1.165, 1.54) is 12.1 Å². The van der Waals surface area contributed by atoms with Crippen LogP contribution < -0.4 is 0 Å². The SMILES string of the molecule is COC[C@@H]1CN(C(=O)Cc2cccc(F)c2)C[C@H]1c1ccccn1. The third-order valence-corrected chi connectivity index (χ3v) is 4.49. The summed E-state index contributed by atoms with van der Waals surface area (Å²) in [6, 6.07) is 12.0. The fourth-order valence-corrected chi connectivity index (χ4v) is 3.32. The molecule has 0 radical (unpaired) electrons. The summed E-state index contributed by atoms with van der Waals surface area (Å²) in [6.07, 6.45) is 1.99. The van der Waals surface area contributed by atoms with Crippen LogP contribution in [0.5, 0.6) is 0 Å². The number of likely N-dealkylation sites (tertiary alicyclic amines) is 1. The summed E-state index contributed by atoms with van der Waals surface area (Å²) in [7, 11) is 1.67. The molecule has 0 N–H and O–H groups in total. The molecule has 1 aromatic carbocycles. The van der Waals surface area contributed by atoms with Crippen molar-refractivity contribution in [3.63, 3.8) is 0 Å². The van der Waals surface area contributed by atoms with Crippen molar-refractivity contribution in [3.05, 3.63) is 65.7 Å². The molecule has 0 spiro atoms. The Hall–Kier alpha value is -2.27. The summed E-state index contributed by atoms with van der Waals surface area (Å²) in [4.78, 5) is 18.9. The predicted octanol–water partition coefficient (Wildman–Crippen LogP) is 2.65. The van der Waals surface area contributed by atoms with Gasteiger partial charge in [-0.1, -0.05) is 18.2 Å². The number of methoxy groups -OCH3 is 1. The first kappa shape index (κ1) is 16.6. The second kappa shape index (κ2) is 7.53. The number of carbonyl (C=O) groups is 1. The van der Waals surface area contributed by atoms with E-state index < -0.39 is 0 Å². The number of carbonyl (C=O) groups excluding carboxylic acids is 1. The van der Waals surface area contributed by atoms with Gasteiger partial charge in [0.1, 0.15) is 5.82 Å². The second-order valence-electron chi connectivity index (χ2n) is 6.18. The fraction of sp³-hybridized carbons (Fsp3) is 0.368. The molecule has 1 aliphatic rings. The molecule has 126 valence electrons. The molecule has 0 unspecified atom stereocenters. The van der Waals surface area contributed by atoms with E-state index in [4.69, 9.17) is 4.74 Å². The quantitative estimate of drug-likeness (QED) is 0.847. The lowest BCUT2D eigenvalue weighted by atomic mass is 9.93. The average molecular weight is 328 g/mol. The van der Waals surface area contributed by atoms with Crippen LogP contribution in [0.2, 0.25) is 0 Å². The smallest absolute Gasteiger partial charge is 0.227 e. The summed E-state index contributed by atoms with van der Waals surface area (Å²) in [5, 5.41) is 0. The van der Waals surface area contributed by atoms with E-state index in [1.807, 2.05) is 23.1 Å². The highest BCUT2D eigenvalue weighted by Crippen LogP contribution is 2.32. The van der Waals surface area contributed by atoms with Gasteiger partial charge >= 0.3 is 0 Å². The number of ether oxygens (including phenoxy) is 1. The van der Waals surface area contributed by atoms with Crippen LogP contribution in [0.15, 0.2) is 48.7 Å². The van der Waals surface area contributed by atoms with Crippen molar-refractivity contribution >= 4 is 5.91 Å². The number of amides is 1. The van der Waals surface area contributed by atoms with Gasteiger partial charge < -0.3 is 9.64 Å². The second-order valence-corrected chi connectivity index (χ2v) is 6.18. The molecule has 2 atom stereocenters. The fourth-order valence-electron chi connectivity index (χ4n) is 3.32. The molecule has 0 bridgehead atoms. The number of pyridine rings is 1. The van der Waals surface area contributed by atoms with Crippen LogP contribution in [0.25, 0.3) is 0 Å². The highest BCUT2D eigenvalue weighted by atomic mass is 19.1. The maximum Gasteiger partial charge on any atom is 0.227 e. The van der Waals surface area contributed by atoms with Gasteiger partial charge in [0.05, 0.1) is 13.0 Å². The average Bonchev–Trinajstić information content (AvgIpc) is 3.00. The molecule has 1 saturated heterocycles. The minimum absolute atomic E-state index is 0.0140. The maximum absolute atomic E-state index is 13.3. The topological polar surface area (TPSA) is 42.4 Å². The first-order valence-electron chi connectivity index (χ1n) is 8.09. The van der Waals surface area contributed by atoms with E-state index in [-0.39, 0.29) is 30.0 Å². The van der Waals surface area contributed by atoms with Crippen molar-refractivity contribution in [1.29, 1.82) is 0 Å². The number of hydrogen-bond donors (Lipinski definition) is 0. The summed E-state index contributed by atoms with van der Waals surface area (Å²) >= 11 is 0. The minimum Gasteiger partial charge on any atom is -0.384 e. The first-order chi connectivity index (χ1) is 11.7. The lowest BCUT2D eigenvalue weighted by Crippen LogP contribution is -2.30. The van der Waals surface area contributed by atoms with Gasteiger partial charge in [-0.05, 0) is 29.8 Å². The monoisotopic (exact) mass is 328 g/mol. The lowest BCUT2D eigenvalue weighted by Gasteiger charge is -2.16. The van der Waals surface area contributed by atoms with Crippen LogP contribution >= 0.6 is 0 Å². The van der Waals surface area contributed by atoms with Crippen LogP contribution in [0.4, 0.5) is 4.39 Å². The van der Waals surface area contributed by atoms with Crippen molar-refractivity contribution in [2.45, 2.75) is 12.3 Å². The summed E-state index contributed by atoms with van der Waals surface area (Å²) in [5.41, 5.74) is 1.69. The van der Waals surface area contributed by atoms with Crippen LogP contribution in [0.1, 0.15) is 17.2 Å². The van der Waals surface area contributed by atoms with E-state index in [9.17, 15) is 9.18 Å². The van der Waals surface area contributed by atoms with Crippen molar-refractivity contribution in [3.8, 4) is 0 Å². The molecule has 1 fully saturated rings. The highest BCUT2D eigenvalue weighted by Gasteiger charge is 2.36. The first-order valence-corrected chi connectivity index (χ1v) is 8.09. The molecule has 0 aliphatic carbocycles. The Morgan fingerprint density at radius 3 is 2.88 bits per heavy atom. The molecular formula is C19H21FN2O2. The molecule has 1 aliphatic heterocycles. The Morgan fingerprint density at radius 1 is 1.29 bits per heavy atom. The lowest BCUT2D eigenvalue weighted by molar-refractivity contribution is -0.129. The standard InChI is InChI=1S/C19H21FN2O2/c1-24-13-15-11-22(12-17(15)18-7-2-3-8-21-18)19(23)10-14-5-4-6-16(20)9-14/h2-9,15,17H,10-13H2,1H3/t15-,17+/m0/s1. The Bertz CT molecular complexity index is 693. The molecule has 4 nitrogen and oxygen atoms in total. The molecule has 24 heavy (non-hydrogen) atoms. The number of benzene rings is 1. The Balaban J connectivity index is 1.71. The Labute approximate surface area is 141 Å². The van der Waals surface area contributed by atoms with Gasteiger partial charge in [0.25, 0.3) is 0 Å². The zero-order valence-corrected chi connectivity index (χ0v) is 13.7. The largest absolute Gasteiger partial charge is 0.384 e. The van der Waals surface area contributed by atoms with Gasteiger partial charge in [0.15, 0.2) is 0 Å². The summed E-state index contributed by atoms with van der Waals surface area (Å²) in [6.45, 7) is 1.85. The summed E-state index contributed by atoms with van der Waals surface area (Å²) in [5.74, 6) is 0.0921. The normalized spacial score (nSPS) is 20.3. The number of hydrogen-bond acceptors (Lipinski definition) is 3. The Morgan fingerprint density at radius 2 is 2.17 bits per heavy atom. The van der Waals surface area contributed by atoms with Crippen molar-refractivity contribution in [2.24, 2.45) is 5.92 Å². The van der Waals surface area contributed by atoms with Crippen LogP contribution in [0.3, 0.4) is 0 Å². The number of rotatable bonds is 5. The van der Waals surface area contributed by atoms with Gasteiger partial charge in [-0.2, -0.15) is 0 Å². The highest BCUT2D eigenvalue weighted by molar-refractivity contribution is 5.79. The van der Waals surface area contributed by atoms with Gasteiger partial charge in [-0.3, -0.25) is 9.78 Å². The van der Waals surface area contributed by atoms with E-state index >= 15 is 0 Å². The molecule has 3 rings (SSSR count). The van der Waals surface area contributed by atoms with Crippen molar-refractivity contribution < 1.29 is 13.9 Å². The zero-order chi connectivity index (χ0) is 16.9. The van der Waals surface area contributed by atoms with Crippen LogP contribution in [0, 0.1) is 11.7 Å². The van der Waals surface area contributed by atoms with Gasteiger partial charge in [-0.15, -0.1) is 0 Å².